The van der Waals surface area contributed by atoms with E-state index in [0.29, 0.717) is 17.4 Å². The predicted octanol–water partition coefficient (Wildman–Crippen LogP) is 1.88. The summed E-state index contributed by atoms with van der Waals surface area (Å²) in [5.41, 5.74) is 1.45. The summed E-state index contributed by atoms with van der Waals surface area (Å²) in [6, 6.07) is 7.05. The summed E-state index contributed by atoms with van der Waals surface area (Å²) in [5, 5.41) is 9.47. The van der Waals surface area contributed by atoms with Crippen LogP contribution in [0.25, 0.3) is 0 Å². The Labute approximate surface area is 125 Å². The lowest BCUT2D eigenvalue weighted by Crippen LogP contribution is -2.32. The first-order valence-corrected chi connectivity index (χ1v) is 9.57. The van der Waals surface area contributed by atoms with E-state index in [0.717, 1.165) is 17.7 Å². The van der Waals surface area contributed by atoms with Crippen molar-refractivity contribution < 1.29 is 13.5 Å². The van der Waals surface area contributed by atoms with Crippen LogP contribution in [-0.2, 0) is 22.4 Å². The van der Waals surface area contributed by atoms with Crippen LogP contribution in [0.3, 0.4) is 0 Å². The normalized spacial score (nSPS) is 19.9. The maximum absolute atomic E-state index is 12.1. The van der Waals surface area contributed by atoms with Crippen molar-refractivity contribution in [2.75, 3.05) is 12.3 Å². The third kappa shape index (κ3) is 5.09. The topological polar surface area (TPSA) is 66.4 Å². The monoisotopic (exact) mass is 315 g/mol. The fourth-order valence-electron chi connectivity index (χ4n) is 2.28. The molecule has 4 nitrogen and oxygen atoms in total. The second-order valence-corrected chi connectivity index (χ2v) is 8.29. The Morgan fingerprint density at radius 3 is 2.80 bits per heavy atom. The van der Waals surface area contributed by atoms with Gasteiger partial charge in [0, 0.05) is 11.8 Å². The first-order chi connectivity index (χ1) is 9.59. The first-order valence-electron chi connectivity index (χ1n) is 6.87. The van der Waals surface area contributed by atoms with Crippen molar-refractivity contribution in [1.29, 1.82) is 0 Å². The number of hydrogen-bond acceptors (Lipinski definition) is 4. The number of hydrogen-bond donors (Lipinski definition) is 2. The minimum Gasteiger partial charge on any atom is -0.392 e. The van der Waals surface area contributed by atoms with Gasteiger partial charge in [0.2, 0.25) is 10.0 Å². The molecule has 1 aliphatic rings. The summed E-state index contributed by atoms with van der Waals surface area (Å²) < 4.78 is 26.8. The first kappa shape index (κ1) is 15.8. The molecule has 1 saturated heterocycles. The Balaban J connectivity index is 1.89. The molecule has 6 heteroatoms. The third-order valence-electron chi connectivity index (χ3n) is 3.34. The Hall–Kier alpha value is -0.560. The van der Waals surface area contributed by atoms with E-state index in [1.807, 2.05) is 11.8 Å². The highest BCUT2D eigenvalue weighted by atomic mass is 32.2. The minimum absolute atomic E-state index is 0.0295. The molecule has 2 N–H and O–H groups in total. The number of aliphatic hydroxyl groups is 1. The molecule has 0 amide bonds. The average molecular weight is 315 g/mol. The van der Waals surface area contributed by atoms with Crippen LogP contribution in [0.5, 0.6) is 0 Å². The fraction of sp³-hybridized carbons (Fsp3) is 0.571. The SMILES string of the molecule is O=S(=O)(Cc1cccc(CO)c1)NCC1CCCCS1. The highest BCUT2D eigenvalue weighted by molar-refractivity contribution is 8.00. The summed E-state index contributed by atoms with van der Waals surface area (Å²) >= 11 is 1.86. The Morgan fingerprint density at radius 2 is 2.10 bits per heavy atom. The standard InChI is InChI=1S/C14H21NO3S2/c16-10-12-4-3-5-13(8-12)11-20(17,18)15-9-14-6-1-2-7-19-14/h3-5,8,14-16H,1-2,6-7,9-11H2. The van der Waals surface area contributed by atoms with E-state index < -0.39 is 10.0 Å². The van der Waals surface area contributed by atoms with Gasteiger partial charge in [-0.1, -0.05) is 30.7 Å². The van der Waals surface area contributed by atoms with Gasteiger partial charge in [-0.2, -0.15) is 11.8 Å². The molecular weight excluding hydrogens is 294 g/mol. The minimum atomic E-state index is -3.30. The van der Waals surface area contributed by atoms with E-state index in [9.17, 15) is 8.42 Å². The molecule has 1 unspecified atom stereocenters. The highest BCUT2D eigenvalue weighted by Crippen LogP contribution is 2.24. The molecule has 0 spiro atoms. The second-order valence-electron chi connectivity index (χ2n) is 5.07. The molecule has 1 aromatic rings. The van der Waals surface area contributed by atoms with E-state index in [-0.39, 0.29) is 12.4 Å². The molecule has 2 rings (SSSR count). The van der Waals surface area contributed by atoms with E-state index >= 15 is 0 Å². The molecule has 1 aromatic carbocycles. The van der Waals surface area contributed by atoms with E-state index in [1.54, 1.807) is 24.3 Å². The molecule has 1 aliphatic heterocycles. The largest absolute Gasteiger partial charge is 0.392 e. The van der Waals surface area contributed by atoms with Gasteiger partial charge in [-0.05, 0) is 29.7 Å². The van der Waals surface area contributed by atoms with Crippen molar-refractivity contribution in [2.24, 2.45) is 0 Å². The molecule has 1 atom stereocenters. The van der Waals surface area contributed by atoms with Gasteiger partial charge in [0.1, 0.15) is 0 Å². The zero-order valence-corrected chi connectivity index (χ0v) is 13.0. The Morgan fingerprint density at radius 1 is 1.30 bits per heavy atom. The van der Waals surface area contributed by atoms with Crippen LogP contribution >= 0.6 is 11.8 Å². The van der Waals surface area contributed by atoms with Gasteiger partial charge in [0.15, 0.2) is 0 Å². The summed E-state index contributed by atoms with van der Waals surface area (Å²) in [6.07, 6.45) is 3.52. The van der Waals surface area contributed by atoms with Gasteiger partial charge in [-0.25, -0.2) is 13.1 Å². The Bertz CT molecular complexity index is 525. The molecule has 1 heterocycles. The van der Waals surface area contributed by atoms with Crippen LogP contribution in [0.15, 0.2) is 24.3 Å². The van der Waals surface area contributed by atoms with Gasteiger partial charge in [-0.3, -0.25) is 0 Å². The summed E-state index contributed by atoms with van der Waals surface area (Å²) in [7, 11) is -3.30. The van der Waals surface area contributed by atoms with E-state index in [1.165, 1.54) is 12.8 Å². The van der Waals surface area contributed by atoms with Crippen molar-refractivity contribution in [3.8, 4) is 0 Å². The van der Waals surface area contributed by atoms with Crippen molar-refractivity contribution in [2.45, 2.75) is 36.9 Å². The van der Waals surface area contributed by atoms with Crippen molar-refractivity contribution in [3.05, 3.63) is 35.4 Å². The average Bonchev–Trinajstić information content (AvgIpc) is 2.46. The number of sulfonamides is 1. The van der Waals surface area contributed by atoms with Crippen LogP contribution in [0.1, 0.15) is 30.4 Å². The number of rotatable bonds is 6. The van der Waals surface area contributed by atoms with Crippen LogP contribution in [0.2, 0.25) is 0 Å². The lowest BCUT2D eigenvalue weighted by molar-refractivity contribution is 0.282. The smallest absolute Gasteiger partial charge is 0.215 e. The van der Waals surface area contributed by atoms with Crippen LogP contribution < -0.4 is 4.72 Å². The molecule has 112 valence electrons. The van der Waals surface area contributed by atoms with Crippen molar-refractivity contribution in [1.82, 2.24) is 4.72 Å². The highest BCUT2D eigenvalue weighted by Gasteiger charge is 2.18. The number of benzene rings is 1. The summed E-state index contributed by atoms with van der Waals surface area (Å²) in [4.78, 5) is 0. The predicted molar refractivity (Wildman–Crippen MR) is 83.1 cm³/mol. The van der Waals surface area contributed by atoms with Gasteiger partial charge >= 0.3 is 0 Å². The molecule has 20 heavy (non-hydrogen) atoms. The van der Waals surface area contributed by atoms with Crippen LogP contribution in [-0.4, -0.2) is 31.1 Å². The lowest BCUT2D eigenvalue weighted by Gasteiger charge is -2.21. The zero-order chi connectivity index (χ0) is 14.4. The molecule has 0 aromatic heterocycles. The summed E-state index contributed by atoms with van der Waals surface area (Å²) in [6.45, 7) is 0.451. The van der Waals surface area contributed by atoms with E-state index in [2.05, 4.69) is 4.72 Å². The number of thioether (sulfide) groups is 1. The quantitative estimate of drug-likeness (QED) is 0.841. The molecule has 1 fully saturated rings. The molecule has 0 bridgehead atoms. The van der Waals surface area contributed by atoms with Crippen molar-refractivity contribution in [3.63, 3.8) is 0 Å². The fourth-order valence-corrected chi connectivity index (χ4v) is 4.80. The number of nitrogens with one attached hydrogen (secondary N) is 1. The van der Waals surface area contributed by atoms with Gasteiger partial charge < -0.3 is 5.11 Å². The molecular formula is C14H21NO3S2. The van der Waals surface area contributed by atoms with Crippen molar-refractivity contribution >= 4 is 21.8 Å². The molecule has 0 radical (unpaired) electrons. The van der Waals surface area contributed by atoms with Gasteiger partial charge in [0.25, 0.3) is 0 Å². The zero-order valence-electron chi connectivity index (χ0n) is 11.4. The third-order valence-corrected chi connectivity index (χ3v) is 6.05. The Kier molecular flexibility index (Phi) is 5.89. The van der Waals surface area contributed by atoms with Crippen LogP contribution in [0.4, 0.5) is 0 Å². The van der Waals surface area contributed by atoms with Gasteiger partial charge in [-0.15, -0.1) is 0 Å². The molecule has 0 aliphatic carbocycles. The molecule has 0 saturated carbocycles. The van der Waals surface area contributed by atoms with Crippen LogP contribution in [0, 0.1) is 0 Å². The lowest BCUT2D eigenvalue weighted by atomic mass is 10.1. The maximum Gasteiger partial charge on any atom is 0.215 e. The van der Waals surface area contributed by atoms with Gasteiger partial charge in [0.05, 0.1) is 12.4 Å². The number of aliphatic hydroxyl groups excluding tert-OH is 1. The maximum atomic E-state index is 12.1. The van der Waals surface area contributed by atoms with E-state index in [4.69, 9.17) is 5.11 Å². The summed E-state index contributed by atoms with van der Waals surface area (Å²) in [5.74, 6) is 1.10. The second kappa shape index (κ2) is 7.45.